The zero-order chi connectivity index (χ0) is 15.5. The molecular weight excluding hydrogens is 368 g/mol. The van der Waals surface area contributed by atoms with E-state index in [1.807, 2.05) is 0 Å². The Balaban J connectivity index is 2.15. The summed E-state index contributed by atoms with van der Waals surface area (Å²) in [5, 5.41) is 0. The van der Waals surface area contributed by atoms with Gasteiger partial charge in [0.2, 0.25) is 0 Å². The van der Waals surface area contributed by atoms with Gasteiger partial charge in [0.25, 0.3) is 10.0 Å². The first-order valence-electron chi connectivity index (χ1n) is 5.70. The number of hydrogen-bond donors (Lipinski definition) is 1. The summed E-state index contributed by atoms with van der Waals surface area (Å²) in [6, 6.07) is 11.3. The maximum absolute atomic E-state index is 12.1. The Bertz CT molecular complexity index is 703. The fourth-order valence-corrected chi connectivity index (χ4v) is 2.86. The molecule has 2 aromatic carbocycles. The third kappa shape index (κ3) is 4.40. The lowest BCUT2D eigenvalue weighted by atomic mass is 10.3. The van der Waals surface area contributed by atoms with E-state index < -0.39 is 16.6 Å². The Hall–Kier alpha value is -1.67. The predicted octanol–water partition coefficient (Wildman–Crippen LogP) is 3.85. The molecule has 2 aromatic rings. The molecule has 0 saturated carbocycles. The molecule has 21 heavy (non-hydrogen) atoms. The lowest BCUT2D eigenvalue weighted by Crippen LogP contribution is -2.12. The van der Waals surface area contributed by atoms with Gasteiger partial charge in [0.05, 0.1) is 4.90 Å². The molecule has 0 aliphatic rings. The summed E-state index contributed by atoms with van der Waals surface area (Å²) in [5.74, 6) is -0.0448. The Kier molecular flexibility index (Phi) is 4.79. The van der Waals surface area contributed by atoms with Crippen molar-refractivity contribution in [2.75, 3.05) is 4.72 Å². The van der Waals surface area contributed by atoms with Crippen molar-refractivity contribution >= 4 is 31.6 Å². The molecule has 0 unspecified atom stereocenters. The van der Waals surface area contributed by atoms with E-state index >= 15 is 0 Å². The number of ether oxygens (including phenoxy) is 1. The highest BCUT2D eigenvalue weighted by molar-refractivity contribution is 9.10. The van der Waals surface area contributed by atoms with Gasteiger partial charge in [0.15, 0.2) is 0 Å². The van der Waals surface area contributed by atoms with Gasteiger partial charge in [0, 0.05) is 10.2 Å². The zero-order valence-electron chi connectivity index (χ0n) is 10.5. The van der Waals surface area contributed by atoms with Gasteiger partial charge in [-0.3, -0.25) is 4.72 Å². The first-order valence-corrected chi connectivity index (χ1v) is 7.98. The Labute approximate surface area is 128 Å². The van der Waals surface area contributed by atoms with Gasteiger partial charge in [-0.15, -0.1) is 0 Å². The van der Waals surface area contributed by atoms with Crippen molar-refractivity contribution in [1.29, 1.82) is 0 Å². The zero-order valence-corrected chi connectivity index (χ0v) is 12.9. The van der Waals surface area contributed by atoms with E-state index in [2.05, 4.69) is 25.4 Å². The quantitative estimate of drug-likeness (QED) is 0.860. The molecule has 112 valence electrons. The minimum absolute atomic E-state index is 0.0448. The highest BCUT2D eigenvalue weighted by Crippen LogP contribution is 2.21. The van der Waals surface area contributed by atoms with Crippen molar-refractivity contribution in [1.82, 2.24) is 0 Å². The average molecular weight is 378 g/mol. The largest absolute Gasteiger partial charge is 0.435 e. The number of hydrogen-bond acceptors (Lipinski definition) is 3. The van der Waals surface area contributed by atoms with Crippen LogP contribution in [0.3, 0.4) is 0 Å². The van der Waals surface area contributed by atoms with Crippen LogP contribution >= 0.6 is 15.9 Å². The predicted molar refractivity (Wildman–Crippen MR) is 78.0 cm³/mol. The number of rotatable bonds is 5. The molecule has 2 rings (SSSR count). The van der Waals surface area contributed by atoms with Gasteiger partial charge in [-0.05, 0) is 48.5 Å². The second-order valence-electron chi connectivity index (χ2n) is 3.96. The molecule has 0 aliphatic heterocycles. The van der Waals surface area contributed by atoms with E-state index in [9.17, 15) is 17.2 Å². The lowest BCUT2D eigenvalue weighted by molar-refractivity contribution is -0.0498. The van der Waals surface area contributed by atoms with E-state index in [4.69, 9.17) is 0 Å². The second-order valence-corrected chi connectivity index (χ2v) is 6.56. The van der Waals surface area contributed by atoms with Crippen LogP contribution in [0.15, 0.2) is 57.9 Å². The number of alkyl halides is 2. The number of anilines is 1. The fraction of sp³-hybridized carbons (Fsp3) is 0.0769. The highest BCUT2D eigenvalue weighted by Gasteiger charge is 2.14. The third-order valence-electron chi connectivity index (χ3n) is 2.46. The van der Waals surface area contributed by atoms with Crippen molar-refractivity contribution < 1.29 is 21.9 Å². The summed E-state index contributed by atoms with van der Waals surface area (Å²) in [6.45, 7) is -2.92. The van der Waals surface area contributed by atoms with Crippen LogP contribution in [0, 0.1) is 0 Å². The number of benzene rings is 2. The van der Waals surface area contributed by atoms with E-state index in [0.717, 1.165) is 4.47 Å². The van der Waals surface area contributed by atoms with Crippen LogP contribution in [0.4, 0.5) is 14.5 Å². The summed E-state index contributed by atoms with van der Waals surface area (Å²) in [6.07, 6.45) is 0. The first-order chi connectivity index (χ1) is 9.87. The highest BCUT2D eigenvalue weighted by atomic mass is 79.9. The van der Waals surface area contributed by atoms with Gasteiger partial charge in [0.1, 0.15) is 5.75 Å². The standard InChI is InChI=1S/C13H10BrF2NO3S/c14-9-1-7-12(8-2-9)21(18,19)17-10-3-5-11(6-4-10)20-13(15)16/h1-8,13,17H. The van der Waals surface area contributed by atoms with Crippen LogP contribution < -0.4 is 9.46 Å². The molecule has 0 saturated heterocycles. The van der Waals surface area contributed by atoms with Crippen LogP contribution in [-0.4, -0.2) is 15.0 Å². The van der Waals surface area contributed by atoms with Gasteiger partial charge in [-0.2, -0.15) is 8.78 Å². The van der Waals surface area contributed by atoms with E-state index in [1.165, 1.54) is 36.4 Å². The summed E-state index contributed by atoms with van der Waals surface area (Å²) in [4.78, 5) is 0.0959. The van der Waals surface area contributed by atoms with Crippen LogP contribution in [0.25, 0.3) is 0 Å². The SMILES string of the molecule is O=S(=O)(Nc1ccc(OC(F)F)cc1)c1ccc(Br)cc1. The minimum Gasteiger partial charge on any atom is -0.435 e. The van der Waals surface area contributed by atoms with E-state index in [1.54, 1.807) is 12.1 Å². The monoisotopic (exact) mass is 377 g/mol. The molecule has 0 spiro atoms. The molecular formula is C13H10BrF2NO3S. The molecule has 0 aromatic heterocycles. The van der Waals surface area contributed by atoms with Gasteiger partial charge < -0.3 is 4.74 Å². The molecule has 0 bridgehead atoms. The van der Waals surface area contributed by atoms with Crippen molar-refractivity contribution in [3.63, 3.8) is 0 Å². The van der Waals surface area contributed by atoms with Gasteiger partial charge >= 0.3 is 6.61 Å². The summed E-state index contributed by atoms with van der Waals surface area (Å²) in [7, 11) is -3.73. The maximum Gasteiger partial charge on any atom is 0.387 e. The van der Waals surface area contributed by atoms with Crippen molar-refractivity contribution in [2.45, 2.75) is 11.5 Å². The number of nitrogens with one attached hydrogen (secondary N) is 1. The topological polar surface area (TPSA) is 55.4 Å². The Morgan fingerprint density at radius 3 is 2.10 bits per heavy atom. The summed E-state index contributed by atoms with van der Waals surface area (Å²) in [5.41, 5.74) is 0.250. The molecule has 0 heterocycles. The smallest absolute Gasteiger partial charge is 0.387 e. The molecule has 8 heteroatoms. The van der Waals surface area contributed by atoms with Crippen molar-refractivity contribution in [3.8, 4) is 5.75 Å². The van der Waals surface area contributed by atoms with Crippen molar-refractivity contribution in [2.24, 2.45) is 0 Å². The third-order valence-corrected chi connectivity index (χ3v) is 4.38. The van der Waals surface area contributed by atoms with Gasteiger partial charge in [-0.1, -0.05) is 15.9 Å². The second kappa shape index (κ2) is 6.40. The fourth-order valence-electron chi connectivity index (χ4n) is 1.53. The Morgan fingerprint density at radius 2 is 1.57 bits per heavy atom. The van der Waals surface area contributed by atoms with E-state index in [0.29, 0.717) is 0 Å². The molecule has 0 amide bonds. The number of sulfonamides is 1. The van der Waals surface area contributed by atoms with Crippen LogP contribution in [0.2, 0.25) is 0 Å². The molecule has 0 aliphatic carbocycles. The molecule has 0 atom stereocenters. The molecule has 1 N–H and O–H groups in total. The molecule has 0 fully saturated rings. The minimum atomic E-state index is -3.73. The summed E-state index contributed by atoms with van der Waals surface area (Å²) < 4.78 is 55.5. The average Bonchev–Trinajstić information content (AvgIpc) is 2.40. The Morgan fingerprint density at radius 1 is 1.00 bits per heavy atom. The molecule has 4 nitrogen and oxygen atoms in total. The van der Waals surface area contributed by atoms with Crippen LogP contribution in [0.5, 0.6) is 5.75 Å². The lowest BCUT2D eigenvalue weighted by Gasteiger charge is -2.09. The van der Waals surface area contributed by atoms with Crippen molar-refractivity contribution in [3.05, 3.63) is 53.0 Å². The first kappa shape index (κ1) is 15.7. The number of halogens is 3. The maximum atomic E-state index is 12.1. The van der Waals surface area contributed by atoms with Gasteiger partial charge in [-0.25, -0.2) is 8.42 Å². The van der Waals surface area contributed by atoms with E-state index in [-0.39, 0.29) is 16.3 Å². The molecule has 0 radical (unpaired) electrons. The van der Waals surface area contributed by atoms with Crippen LogP contribution in [-0.2, 0) is 10.0 Å². The van der Waals surface area contributed by atoms with Crippen LogP contribution in [0.1, 0.15) is 0 Å². The summed E-state index contributed by atoms with van der Waals surface area (Å²) >= 11 is 3.22. The normalized spacial score (nSPS) is 11.4.